The molecule has 0 spiro atoms. The van der Waals surface area contributed by atoms with Crippen LogP contribution >= 0.6 is 12.4 Å². The molecule has 5 heteroatoms. The van der Waals surface area contributed by atoms with Crippen LogP contribution in [0, 0.1) is 6.92 Å². The van der Waals surface area contributed by atoms with E-state index in [4.69, 9.17) is 10.5 Å². The highest BCUT2D eigenvalue weighted by atomic mass is 35.5. The van der Waals surface area contributed by atoms with E-state index in [-0.39, 0.29) is 24.9 Å². The number of amides is 1. The first-order valence-corrected chi connectivity index (χ1v) is 4.89. The van der Waals surface area contributed by atoms with Crippen LogP contribution in [0.2, 0.25) is 0 Å². The Balaban J connectivity index is 0.00000225. The number of hydrogen-bond donors (Lipinski definition) is 2. The number of aryl methyl sites for hydroxylation is 1. The lowest BCUT2D eigenvalue weighted by atomic mass is 10.2. The summed E-state index contributed by atoms with van der Waals surface area (Å²) in [6, 6.07) is 7.76. The lowest BCUT2D eigenvalue weighted by molar-refractivity contribution is -0.119. The highest BCUT2D eigenvalue weighted by Crippen LogP contribution is 2.15. The van der Waals surface area contributed by atoms with Crippen LogP contribution in [0.1, 0.15) is 5.56 Å². The minimum absolute atomic E-state index is 0. The molecule has 4 nitrogen and oxygen atoms in total. The van der Waals surface area contributed by atoms with Crippen molar-refractivity contribution in [2.45, 2.75) is 6.92 Å². The minimum Gasteiger partial charge on any atom is -0.491 e. The monoisotopic (exact) mass is 244 g/mol. The van der Waals surface area contributed by atoms with E-state index >= 15 is 0 Å². The fourth-order valence-corrected chi connectivity index (χ4v) is 1.14. The molecule has 1 aromatic rings. The average molecular weight is 245 g/mol. The molecular weight excluding hydrogens is 228 g/mol. The second kappa shape index (κ2) is 7.96. The second-order valence-electron chi connectivity index (χ2n) is 3.17. The quantitative estimate of drug-likeness (QED) is 0.756. The molecular formula is C11H17ClN2O2. The third-order valence-electron chi connectivity index (χ3n) is 1.96. The van der Waals surface area contributed by atoms with E-state index in [0.717, 1.165) is 11.3 Å². The van der Waals surface area contributed by atoms with Crippen molar-refractivity contribution in [2.75, 3.05) is 19.7 Å². The SMILES string of the molecule is Cc1ccccc1OCCNC(=O)CN.Cl. The number of nitrogens with one attached hydrogen (secondary N) is 1. The normalized spacial score (nSPS) is 9.12. The Morgan fingerprint density at radius 2 is 2.12 bits per heavy atom. The van der Waals surface area contributed by atoms with E-state index in [9.17, 15) is 4.79 Å². The van der Waals surface area contributed by atoms with Crippen LogP contribution in [-0.2, 0) is 4.79 Å². The summed E-state index contributed by atoms with van der Waals surface area (Å²) in [4.78, 5) is 10.8. The van der Waals surface area contributed by atoms with Crippen molar-refractivity contribution in [3.63, 3.8) is 0 Å². The Kier molecular flexibility index (Phi) is 7.33. The lowest BCUT2D eigenvalue weighted by Crippen LogP contribution is -2.33. The molecule has 3 N–H and O–H groups in total. The zero-order chi connectivity index (χ0) is 11.1. The van der Waals surface area contributed by atoms with Gasteiger partial charge in [0.1, 0.15) is 12.4 Å². The molecule has 0 unspecified atom stereocenters. The Bertz CT molecular complexity index is 332. The fraction of sp³-hybridized carbons (Fsp3) is 0.364. The van der Waals surface area contributed by atoms with Gasteiger partial charge >= 0.3 is 0 Å². The average Bonchev–Trinajstić information content (AvgIpc) is 2.26. The molecule has 0 saturated carbocycles. The summed E-state index contributed by atoms with van der Waals surface area (Å²) in [5.41, 5.74) is 6.22. The largest absolute Gasteiger partial charge is 0.491 e. The first kappa shape index (κ1) is 14.7. The van der Waals surface area contributed by atoms with Crippen LogP contribution in [-0.4, -0.2) is 25.6 Å². The maximum Gasteiger partial charge on any atom is 0.233 e. The Labute approximate surface area is 102 Å². The van der Waals surface area contributed by atoms with Crippen LogP contribution < -0.4 is 15.8 Å². The van der Waals surface area contributed by atoms with Crippen LogP contribution in [0.5, 0.6) is 5.75 Å². The summed E-state index contributed by atoms with van der Waals surface area (Å²) in [6.07, 6.45) is 0. The van der Waals surface area contributed by atoms with Gasteiger partial charge in [-0.2, -0.15) is 0 Å². The van der Waals surface area contributed by atoms with Crippen molar-refractivity contribution in [1.82, 2.24) is 5.32 Å². The minimum atomic E-state index is -0.164. The summed E-state index contributed by atoms with van der Waals surface area (Å²) in [5, 5.41) is 2.63. The summed E-state index contributed by atoms with van der Waals surface area (Å²) < 4.78 is 5.48. The van der Waals surface area contributed by atoms with E-state index in [1.807, 2.05) is 31.2 Å². The van der Waals surface area contributed by atoms with Crippen molar-refractivity contribution < 1.29 is 9.53 Å². The third-order valence-corrected chi connectivity index (χ3v) is 1.96. The number of rotatable bonds is 5. The highest BCUT2D eigenvalue weighted by molar-refractivity contribution is 5.85. The smallest absolute Gasteiger partial charge is 0.233 e. The number of carbonyl (C=O) groups excluding carboxylic acids is 1. The van der Waals surface area contributed by atoms with Gasteiger partial charge in [-0.1, -0.05) is 18.2 Å². The molecule has 1 amide bonds. The van der Waals surface area contributed by atoms with Crippen molar-refractivity contribution >= 4 is 18.3 Å². The zero-order valence-electron chi connectivity index (χ0n) is 9.23. The number of ether oxygens (including phenoxy) is 1. The molecule has 0 saturated heterocycles. The van der Waals surface area contributed by atoms with Gasteiger partial charge in [-0.3, -0.25) is 4.79 Å². The summed E-state index contributed by atoms with van der Waals surface area (Å²) >= 11 is 0. The number of hydrogen-bond acceptors (Lipinski definition) is 3. The van der Waals surface area contributed by atoms with E-state index in [0.29, 0.717) is 13.2 Å². The van der Waals surface area contributed by atoms with E-state index in [1.54, 1.807) is 0 Å². The van der Waals surface area contributed by atoms with Crippen LogP contribution in [0.25, 0.3) is 0 Å². The van der Waals surface area contributed by atoms with Gasteiger partial charge in [0, 0.05) is 0 Å². The van der Waals surface area contributed by atoms with E-state index in [1.165, 1.54) is 0 Å². The third kappa shape index (κ3) is 5.00. The van der Waals surface area contributed by atoms with Crippen molar-refractivity contribution in [2.24, 2.45) is 5.73 Å². The summed E-state index contributed by atoms with van der Waals surface area (Å²) in [5.74, 6) is 0.683. The lowest BCUT2D eigenvalue weighted by Gasteiger charge is -2.08. The maximum absolute atomic E-state index is 10.8. The van der Waals surface area contributed by atoms with Crippen LogP contribution in [0.3, 0.4) is 0 Å². The Hall–Kier alpha value is -1.26. The maximum atomic E-state index is 10.8. The molecule has 0 bridgehead atoms. The van der Waals surface area contributed by atoms with Gasteiger partial charge < -0.3 is 15.8 Å². The Morgan fingerprint density at radius 3 is 2.75 bits per heavy atom. The number of carbonyl (C=O) groups is 1. The number of nitrogens with two attached hydrogens (primary N) is 1. The van der Waals surface area contributed by atoms with Gasteiger partial charge in [0.2, 0.25) is 5.91 Å². The highest BCUT2D eigenvalue weighted by Gasteiger charge is 1.98. The van der Waals surface area contributed by atoms with Gasteiger partial charge in [0.25, 0.3) is 0 Å². The topological polar surface area (TPSA) is 64.3 Å². The second-order valence-corrected chi connectivity index (χ2v) is 3.17. The van der Waals surface area contributed by atoms with Gasteiger partial charge in [-0.15, -0.1) is 12.4 Å². The molecule has 16 heavy (non-hydrogen) atoms. The molecule has 90 valence electrons. The molecule has 0 aliphatic rings. The van der Waals surface area contributed by atoms with Gasteiger partial charge in [-0.05, 0) is 18.6 Å². The van der Waals surface area contributed by atoms with E-state index in [2.05, 4.69) is 5.32 Å². The van der Waals surface area contributed by atoms with Crippen LogP contribution in [0.15, 0.2) is 24.3 Å². The number of para-hydroxylation sites is 1. The molecule has 0 fully saturated rings. The molecule has 0 aliphatic carbocycles. The molecule has 1 aromatic carbocycles. The number of halogens is 1. The van der Waals surface area contributed by atoms with Gasteiger partial charge in [-0.25, -0.2) is 0 Å². The van der Waals surface area contributed by atoms with Crippen molar-refractivity contribution in [3.8, 4) is 5.75 Å². The molecule has 0 atom stereocenters. The van der Waals surface area contributed by atoms with E-state index < -0.39 is 0 Å². The zero-order valence-corrected chi connectivity index (χ0v) is 10.0. The molecule has 0 heterocycles. The fourth-order valence-electron chi connectivity index (χ4n) is 1.14. The number of benzene rings is 1. The van der Waals surface area contributed by atoms with Crippen LogP contribution in [0.4, 0.5) is 0 Å². The van der Waals surface area contributed by atoms with Gasteiger partial charge in [0.05, 0.1) is 13.1 Å². The molecule has 0 aromatic heterocycles. The first-order chi connectivity index (χ1) is 7.24. The summed E-state index contributed by atoms with van der Waals surface area (Å²) in [6.45, 7) is 2.93. The molecule has 0 aliphatic heterocycles. The summed E-state index contributed by atoms with van der Waals surface area (Å²) in [7, 11) is 0. The first-order valence-electron chi connectivity index (χ1n) is 4.89. The predicted molar refractivity (Wildman–Crippen MR) is 66.0 cm³/mol. The van der Waals surface area contributed by atoms with Crippen molar-refractivity contribution in [1.29, 1.82) is 0 Å². The van der Waals surface area contributed by atoms with Gasteiger partial charge in [0.15, 0.2) is 0 Å². The Morgan fingerprint density at radius 1 is 1.44 bits per heavy atom. The van der Waals surface area contributed by atoms with Crippen molar-refractivity contribution in [3.05, 3.63) is 29.8 Å². The standard InChI is InChI=1S/C11H16N2O2.ClH/c1-9-4-2-3-5-10(9)15-7-6-13-11(14)8-12;/h2-5H,6-8,12H2,1H3,(H,13,14);1H. The predicted octanol–water partition coefficient (Wildman–Crippen LogP) is 0.871. The molecule has 0 radical (unpaired) electrons. The molecule has 1 rings (SSSR count).